The minimum atomic E-state index is 0. The lowest BCUT2D eigenvalue weighted by atomic mass is 10.1. The van der Waals surface area contributed by atoms with Gasteiger partial charge in [-0.25, -0.2) is 0 Å². The molecule has 6 nitrogen and oxygen atoms in total. The molecule has 0 aromatic heterocycles. The van der Waals surface area contributed by atoms with Crippen LogP contribution in [0.1, 0.15) is 26.2 Å². The van der Waals surface area contributed by atoms with Crippen LogP contribution in [0.2, 0.25) is 0 Å². The Kier molecular flexibility index (Phi) is 9.23. The maximum absolute atomic E-state index is 5.43. The lowest BCUT2D eigenvalue weighted by molar-refractivity contribution is 0.0320. The Morgan fingerprint density at radius 2 is 1.88 bits per heavy atom. The van der Waals surface area contributed by atoms with Gasteiger partial charge in [-0.1, -0.05) is 6.92 Å². The van der Waals surface area contributed by atoms with Crippen LogP contribution in [-0.2, 0) is 4.74 Å². The van der Waals surface area contributed by atoms with Crippen LogP contribution < -0.4 is 5.32 Å². The van der Waals surface area contributed by atoms with Crippen LogP contribution in [0.5, 0.6) is 0 Å². The molecular weight excluding hydrogens is 429 g/mol. The van der Waals surface area contributed by atoms with E-state index in [0.717, 1.165) is 64.5 Å². The molecule has 3 fully saturated rings. The van der Waals surface area contributed by atoms with Crippen molar-refractivity contribution in [3.8, 4) is 0 Å². The Morgan fingerprint density at radius 1 is 1.16 bits per heavy atom. The molecule has 2 atom stereocenters. The van der Waals surface area contributed by atoms with Gasteiger partial charge in [0.05, 0.1) is 13.2 Å². The normalized spacial score (nSPS) is 27.4. The molecule has 3 rings (SSSR count). The maximum Gasteiger partial charge on any atom is 0.193 e. The van der Waals surface area contributed by atoms with Gasteiger partial charge in [-0.05, 0) is 38.3 Å². The van der Waals surface area contributed by atoms with E-state index in [0.29, 0.717) is 5.92 Å². The molecule has 0 saturated carbocycles. The Bertz CT molecular complexity index is 410. The molecule has 0 aliphatic carbocycles. The highest BCUT2D eigenvalue weighted by Gasteiger charge is 2.30. The van der Waals surface area contributed by atoms with Crippen molar-refractivity contribution in [1.29, 1.82) is 0 Å². The highest BCUT2D eigenvalue weighted by atomic mass is 127. The van der Waals surface area contributed by atoms with Crippen molar-refractivity contribution in [2.24, 2.45) is 10.9 Å². The number of nitrogens with one attached hydrogen (secondary N) is 1. The maximum atomic E-state index is 5.43. The summed E-state index contributed by atoms with van der Waals surface area (Å²) < 4.78 is 5.43. The standard InChI is InChI=1S/C18H35N5O.HI/c1-16(14-21-9-11-24-12-10-21)13-20-18(19-2)23-8-5-17(15-23)22-6-3-4-7-22;/h16-17H,3-15H2,1-2H3,(H,19,20);1H. The number of nitrogens with zero attached hydrogens (tertiary/aromatic N) is 4. The fourth-order valence-electron chi connectivity index (χ4n) is 4.23. The summed E-state index contributed by atoms with van der Waals surface area (Å²) >= 11 is 0. The first kappa shape index (κ1) is 21.2. The first-order valence-electron chi connectivity index (χ1n) is 9.76. The molecule has 146 valence electrons. The molecule has 25 heavy (non-hydrogen) atoms. The quantitative estimate of drug-likeness (QED) is 0.377. The van der Waals surface area contributed by atoms with Gasteiger partial charge in [0.25, 0.3) is 0 Å². The first-order chi connectivity index (χ1) is 11.8. The number of guanidine groups is 1. The summed E-state index contributed by atoms with van der Waals surface area (Å²) in [5.41, 5.74) is 0. The lowest BCUT2D eigenvalue weighted by Gasteiger charge is -2.30. The van der Waals surface area contributed by atoms with Crippen molar-refractivity contribution in [1.82, 2.24) is 20.0 Å². The van der Waals surface area contributed by atoms with E-state index in [1.165, 1.54) is 32.4 Å². The van der Waals surface area contributed by atoms with Crippen molar-refractivity contribution < 1.29 is 4.74 Å². The zero-order chi connectivity index (χ0) is 16.8. The fraction of sp³-hybridized carbons (Fsp3) is 0.944. The topological polar surface area (TPSA) is 43.3 Å². The molecule has 3 heterocycles. The first-order valence-corrected chi connectivity index (χ1v) is 9.76. The minimum Gasteiger partial charge on any atom is -0.379 e. The fourth-order valence-corrected chi connectivity index (χ4v) is 4.23. The molecule has 0 aromatic carbocycles. The summed E-state index contributed by atoms with van der Waals surface area (Å²) in [6, 6.07) is 0.733. The summed E-state index contributed by atoms with van der Waals surface area (Å²) in [4.78, 5) is 12.2. The molecule has 7 heteroatoms. The highest BCUT2D eigenvalue weighted by Crippen LogP contribution is 2.20. The summed E-state index contributed by atoms with van der Waals surface area (Å²) in [5.74, 6) is 1.71. The Balaban J connectivity index is 0.00000225. The minimum absolute atomic E-state index is 0. The van der Waals surface area contributed by atoms with E-state index in [9.17, 15) is 0 Å². The number of halogens is 1. The second kappa shape index (κ2) is 10.9. The van der Waals surface area contributed by atoms with Crippen molar-refractivity contribution >= 4 is 29.9 Å². The van der Waals surface area contributed by atoms with E-state index < -0.39 is 0 Å². The molecule has 0 spiro atoms. The number of aliphatic imine (C=N–C) groups is 1. The van der Waals surface area contributed by atoms with Crippen LogP contribution in [-0.4, -0.2) is 99.3 Å². The van der Waals surface area contributed by atoms with Gasteiger partial charge < -0.3 is 15.0 Å². The van der Waals surface area contributed by atoms with Crippen LogP contribution >= 0.6 is 24.0 Å². The summed E-state index contributed by atoms with van der Waals surface area (Å²) in [6.45, 7) is 13.2. The van der Waals surface area contributed by atoms with E-state index >= 15 is 0 Å². The number of hydrogen-bond acceptors (Lipinski definition) is 4. The van der Waals surface area contributed by atoms with Crippen LogP contribution in [0.25, 0.3) is 0 Å². The second-order valence-electron chi connectivity index (χ2n) is 7.58. The predicted molar refractivity (Wildman–Crippen MR) is 114 cm³/mol. The van der Waals surface area contributed by atoms with Crippen LogP contribution in [0.15, 0.2) is 4.99 Å². The van der Waals surface area contributed by atoms with E-state index in [2.05, 4.69) is 31.9 Å². The van der Waals surface area contributed by atoms with Crippen LogP contribution in [0.4, 0.5) is 0 Å². The number of morpholine rings is 1. The third-order valence-corrected chi connectivity index (χ3v) is 5.61. The number of hydrogen-bond donors (Lipinski definition) is 1. The van der Waals surface area contributed by atoms with Crippen LogP contribution in [0.3, 0.4) is 0 Å². The molecule has 3 aliphatic heterocycles. The van der Waals surface area contributed by atoms with Gasteiger partial charge in [0.15, 0.2) is 5.96 Å². The van der Waals surface area contributed by atoms with E-state index in [4.69, 9.17) is 4.74 Å². The van der Waals surface area contributed by atoms with Gasteiger partial charge in [0.1, 0.15) is 0 Å². The SMILES string of the molecule is CN=C(NCC(C)CN1CCOCC1)N1CCC(N2CCCC2)C1.I. The Labute approximate surface area is 170 Å². The van der Waals surface area contributed by atoms with Gasteiger partial charge in [0.2, 0.25) is 0 Å². The van der Waals surface area contributed by atoms with E-state index in [-0.39, 0.29) is 24.0 Å². The number of likely N-dealkylation sites (tertiary alicyclic amines) is 2. The monoisotopic (exact) mass is 465 g/mol. The molecule has 0 radical (unpaired) electrons. The number of ether oxygens (including phenoxy) is 1. The van der Waals surface area contributed by atoms with Crippen molar-refractivity contribution in [2.75, 3.05) is 72.6 Å². The van der Waals surface area contributed by atoms with Crippen molar-refractivity contribution in [3.63, 3.8) is 0 Å². The molecule has 3 saturated heterocycles. The Hall–Kier alpha value is -0.120. The van der Waals surface area contributed by atoms with Gasteiger partial charge in [-0.15, -0.1) is 24.0 Å². The molecule has 3 aliphatic rings. The molecule has 2 unspecified atom stereocenters. The van der Waals surface area contributed by atoms with E-state index in [1.54, 1.807) is 0 Å². The third-order valence-electron chi connectivity index (χ3n) is 5.61. The zero-order valence-electron chi connectivity index (χ0n) is 16.0. The van der Waals surface area contributed by atoms with Crippen molar-refractivity contribution in [3.05, 3.63) is 0 Å². The third kappa shape index (κ3) is 6.22. The summed E-state index contributed by atoms with van der Waals surface area (Å²) in [6.07, 6.45) is 4.04. The molecular formula is C18H36IN5O. The zero-order valence-corrected chi connectivity index (χ0v) is 18.3. The predicted octanol–water partition coefficient (Wildman–Crippen LogP) is 1.32. The number of rotatable bonds is 5. The second-order valence-corrected chi connectivity index (χ2v) is 7.58. The average Bonchev–Trinajstić information content (AvgIpc) is 3.28. The van der Waals surface area contributed by atoms with Crippen molar-refractivity contribution in [2.45, 2.75) is 32.2 Å². The Morgan fingerprint density at radius 3 is 2.56 bits per heavy atom. The largest absolute Gasteiger partial charge is 0.379 e. The molecule has 0 aromatic rings. The van der Waals surface area contributed by atoms with Gasteiger partial charge in [0, 0.05) is 52.4 Å². The van der Waals surface area contributed by atoms with Gasteiger partial charge in [-0.2, -0.15) is 0 Å². The molecule has 0 bridgehead atoms. The van der Waals surface area contributed by atoms with Gasteiger partial charge >= 0.3 is 0 Å². The lowest BCUT2D eigenvalue weighted by Crippen LogP contribution is -2.45. The average molecular weight is 465 g/mol. The van der Waals surface area contributed by atoms with Gasteiger partial charge in [-0.3, -0.25) is 14.8 Å². The van der Waals surface area contributed by atoms with E-state index in [1.807, 2.05) is 7.05 Å². The summed E-state index contributed by atoms with van der Waals surface area (Å²) in [5, 5.41) is 3.61. The molecule has 1 N–H and O–H groups in total. The summed E-state index contributed by atoms with van der Waals surface area (Å²) in [7, 11) is 1.91. The smallest absolute Gasteiger partial charge is 0.193 e. The molecule has 0 amide bonds. The highest BCUT2D eigenvalue weighted by molar-refractivity contribution is 14.0. The van der Waals surface area contributed by atoms with Crippen LogP contribution in [0, 0.1) is 5.92 Å².